The number of carboxylic acids is 1. The standard InChI is InChI=1S/C16H22FNO2S/c1-12(6-7-21-3)18(2)11-14-8-13(4-5-16(19)20)9-15(17)10-14/h4-5,8-10,12H,6-7,11H2,1-3H3,(H,19,20)/b5-4+. The molecule has 1 N–H and O–H groups in total. The van der Waals surface area contributed by atoms with Crippen LogP contribution in [0.4, 0.5) is 4.39 Å². The van der Waals surface area contributed by atoms with Crippen molar-refractivity contribution < 1.29 is 14.3 Å². The number of carboxylic acid groups (broad SMARTS) is 1. The number of thioether (sulfide) groups is 1. The van der Waals surface area contributed by atoms with E-state index >= 15 is 0 Å². The van der Waals surface area contributed by atoms with E-state index in [0.717, 1.165) is 23.8 Å². The summed E-state index contributed by atoms with van der Waals surface area (Å²) in [5, 5.41) is 8.62. The first kappa shape index (κ1) is 17.7. The number of aliphatic carboxylic acids is 1. The first-order valence-corrected chi connectivity index (χ1v) is 8.21. The van der Waals surface area contributed by atoms with Gasteiger partial charge in [0.15, 0.2) is 0 Å². The van der Waals surface area contributed by atoms with E-state index in [9.17, 15) is 9.18 Å². The average Bonchev–Trinajstić information content (AvgIpc) is 2.41. The van der Waals surface area contributed by atoms with Gasteiger partial charge < -0.3 is 5.11 Å². The molecule has 1 aromatic rings. The van der Waals surface area contributed by atoms with Crippen LogP contribution in [-0.4, -0.2) is 41.1 Å². The molecule has 21 heavy (non-hydrogen) atoms. The number of benzene rings is 1. The van der Waals surface area contributed by atoms with Crippen LogP contribution in [0.5, 0.6) is 0 Å². The lowest BCUT2D eigenvalue weighted by Gasteiger charge is -2.24. The Hall–Kier alpha value is -1.33. The van der Waals surface area contributed by atoms with Crippen LogP contribution < -0.4 is 0 Å². The van der Waals surface area contributed by atoms with E-state index in [1.165, 1.54) is 18.2 Å². The molecule has 1 atom stereocenters. The maximum absolute atomic E-state index is 13.6. The number of hydrogen-bond donors (Lipinski definition) is 1. The highest BCUT2D eigenvalue weighted by Crippen LogP contribution is 2.15. The fraction of sp³-hybridized carbons (Fsp3) is 0.438. The smallest absolute Gasteiger partial charge is 0.328 e. The molecule has 0 heterocycles. The lowest BCUT2D eigenvalue weighted by Crippen LogP contribution is -2.29. The van der Waals surface area contributed by atoms with Crippen LogP contribution in [0.3, 0.4) is 0 Å². The Morgan fingerprint density at radius 3 is 2.81 bits per heavy atom. The quantitative estimate of drug-likeness (QED) is 0.746. The summed E-state index contributed by atoms with van der Waals surface area (Å²) in [5.74, 6) is -0.285. The SMILES string of the molecule is CSCCC(C)N(C)Cc1cc(F)cc(/C=C/C(=O)O)c1. The van der Waals surface area contributed by atoms with Crippen LogP contribution in [0, 0.1) is 5.82 Å². The number of rotatable bonds is 8. The van der Waals surface area contributed by atoms with Gasteiger partial charge in [0.2, 0.25) is 0 Å². The number of nitrogens with zero attached hydrogens (tertiary/aromatic N) is 1. The molecule has 0 radical (unpaired) electrons. The highest BCUT2D eigenvalue weighted by atomic mass is 32.2. The van der Waals surface area contributed by atoms with Gasteiger partial charge in [0.1, 0.15) is 5.82 Å². The third-order valence-electron chi connectivity index (χ3n) is 3.32. The minimum Gasteiger partial charge on any atom is -0.478 e. The zero-order valence-electron chi connectivity index (χ0n) is 12.7. The molecule has 0 bridgehead atoms. The highest BCUT2D eigenvalue weighted by molar-refractivity contribution is 7.98. The van der Waals surface area contributed by atoms with Crippen LogP contribution in [0.2, 0.25) is 0 Å². The first-order chi connectivity index (χ1) is 9.92. The molecule has 1 rings (SSSR count). The molecular weight excluding hydrogens is 289 g/mol. The van der Waals surface area contributed by atoms with Gasteiger partial charge in [-0.1, -0.05) is 6.07 Å². The zero-order chi connectivity index (χ0) is 15.8. The minimum absolute atomic E-state index is 0.345. The summed E-state index contributed by atoms with van der Waals surface area (Å²) in [5.41, 5.74) is 1.41. The molecule has 5 heteroatoms. The Kier molecular flexibility index (Phi) is 7.47. The molecule has 0 fully saturated rings. The minimum atomic E-state index is -1.04. The van der Waals surface area contributed by atoms with Gasteiger partial charge in [-0.05, 0) is 61.7 Å². The molecule has 116 valence electrons. The Labute approximate surface area is 129 Å². The van der Waals surface area contributed by atoms with Gasteiger partial charge in [0.05, 0.1) is 0 Å². The second-order valence-corrected chi connectivity index (χ2v) is 6.10. The maximum atomic E-state index is 13.6. The lowest BCUT2D eigenvalue weighted by atomic mass is 10.1. The summed E-state index contributed by atoms with van der Waals surface area (Å²) in [7, 11) is 2.02. The fourth-order valence-electron chi connectivity index (χ4n) is 1.98. The van der Waals surface area contributed by atoms with E-state index in [-0.39, 0.29) is 5.82 Å². The fourth-order valence-corrected chi connectivity index (χ4v) is 2.56. The lowest BCUT2D eigenvalue weighted by molar-refractivity contribution is -0.131. The van der Waals surface area contributed by atoms with Crippen molar-refractivity contribution in [3.63, 3.8) is 0 Å². The van der Waals surface area contributed by atoms with Gasteiger partial charge in [-0.3, -0.25) is 4.90 Å². The van der Waals surface area contributed by atoms with Crippen molar-refractivity contribution in [3.05, 3.63) is 41.2 Å². The summed E-state index contributed by atoms with van der Waals surface area (Å²) >= 11 is 1.82. The molecule has 0 aromatic heterocycles. The van der Waals surface area contributed by atoms with Crippen molar-refractivity contribution in [2.45, 2.75) is 25.9 Å². The summed E-state index contributed by atoms with van der Waals surface area (Å²) in [4.78, 5) is 12.7. The molecule has 0 aliphatic rings. The molecule has 1 unspecified atom stereocenters. The van der Waals surface area contributed by atoms with E-state index in [0.29, 0.717) is 18.2 Å². The van der Waals surface area contributed by atoms with Crippen molar-refractivity contribution in [1.82, 2.24) is 4.90 Å². The second kappa shape index (κ2) is 8.85. The van der Waals surface area contributed by atoms with E-state index in [2.05, 4.69) is 18.1 Å². The van der Waals surface area contributed by atoms with Gasteiger partial charge >= 0.3 is 5.97 Å². The van der Waals surface area contributed by atoms with Crippen molar-refractivity contribution >= 4 is 23.8 Å². The van der Waals surface area contributed by atoms with Crippen LogP contribution in [0.1, 0.15) is 24.5 Å². The largest absolute Gasteiger partial charge is 0.478 e. The summed E-state index contributed by atoms with van der Waals surface area (Å²) in [6.07, 6.45) is 5.59. The second-order valence-electron chi connectivity index (χ2n) is 5.11. The Bertz CT molecular complexity index is 505. The Morgan fingerprint density at radius 2 is 2.19 bits per heavy atom. The monoisotopic (exact) mass is 311 g/mol. The summed E-state index contributed by atoms with van der Waals surface area (Å²) in [6.45, 7) is 2.79. The zero-order valence-corrected chi connectivity index (χ0v) is 13.5. The summed E-state index contributed by atoms with van der Waals surface area (Å²) < 4.78 is 13.6. The third kappa shape index (κ3) is 6.78. The van der Waals surface area contributed by atoms with E-state index in [4.69, 9.17) is 5.11 Å². The molecule has 3 nitrogen and oxygen atoms in total. The van der Waals surface area contributed by atoms with E-state index < -0.39 is 5.97 Å². The predicted octanol–water partition coefficient (Wildman–Crippen LogP) is 3.50. The van der Waals surface area contributed by atoms with E-state index in [1.54, 1.807) is 0 Å². The number of halogens is 1. The Morgan fingerprint density at radius 1 is 1.48 bits per heavy atom. The molecule has 1 aromatic carbocycles. The topological polar surface area (TPSA) is 40.5 Å². The predicted molar refractivity (Wildman–Crippen MR) is 87.0 cm³/mol. The van der Waals surface area contributed by atoms with Crippen LogP contribution >= 0.6 is 11.8 Å². The van der Waals surface area contributed by atoms with E-state index in [1.807, 2.05) is 24.9 Å². The van der Waals surface area contributed by atoms with Gasteiger partial charge in [-0.2, -0.15) is 11.8 Å². The van der Waals surface area contributed by atoms with Gasteiger partial charge in [0.25, 0.3) is 0 Å². The van der Waals surface area contributed by atoms with Crippen LogP contribution in [-0.2, 0) is 11.3 Å². The molecule has 0 spiro atoms. The van der Waals surface area contributed by atoms with Crippen molar-refractivity contribution in [3.8, 4) is 0 Å². The van der Waals surface area contributed by atoms with Gasteiger partial charge in [0, 0.05) is 18.7 Å². The number of hydrogen-bond acceptors (Lipinski definition) is 3. The van der Waals surface area contributed by atoms with Crippen LogP contribution in [0.15, 0.2) is 24.3 Å². The molecule has 0 amide bonds. The molecule has 0 aliphatic heterocycles. The van der Waals surface area contributed by atoms with Crippen molar-refractivity contribution in [2.24, 2.45) is 0 Å². The normalized spacial score (nSPS) is 13.0. The van der Waals surface area contributed by atoms with Crippen molar-refractivity contribution in [2.75, 3.05) is 19.1 Å². The molecule has 0 saturated carbocycles. The third-order valence-corrected chi connectivity index (χ3v) is 3.97. The Balaban J connectivity index is 2.76. The first-order valence-electron chi connectivity index (χ1n) is 6.82. The highest BCUT2D eigenvalue weighted by Gasteiger charge is 2.10. The average molecular weight is 311 g/mol. The molecule has 0 saturated heterocycles. The van der Waals surface area contributed by atoms with Gasteiger partial charge in [-0.15, -0.1) is 0 Å². The summed E-state index contributed by atoms with van der Waals surface area (Å²) in [6, 6.07) is 5.06. The van der Waals surface area contributed by atoms with Gasteiger partial charge in [-0.25, -0.2) is 9.18 Å². The molecule has 0 aliphatic carbocycles. The van der Waals surface area contributed by atoms with Crippen molar-refractivity contribution in [1.29, 1.82) is 0 Å². The maximum Gasteiger partial charge on any atom is 0.328 e. The molecular formula is C16H22FNO2S. The van der Waals surface area contributed by atoms with Crippen LogP contribution in [0.25, 0.3) is 6.08 Å². The number of carbonyl (C=O) groups is 1.